The van der Waals surface area contributed by atoms with Crippen LogP contribution in [0.25, 0.3) is 0 Å². The molecular weight excluding hydrogens is 347 g/mol. The van der Waals surface area contributed by atoms with Crippen molar-refractivity contribution in [2.24, 2.45) is 5.92 Å². The van der Waals surface area contributed by atoms with Crippen LogP contribution in [0.4, 0.5) is 4.39 Å². The number of benzene rings is 1. The Morgan fingerprint density at radius 2 is 1.94 bits per heavy atom. The third-order valence-electron chi connectivity index (χ3n) is 3.57. The Balaban J connectivity index is 1.98. The second kappa shape index (κ2) is 6.33. The maximum Gasteiger partial charge on any atom is 0.137 e. The summed E-state index contributed by atoms with van der Waals surface area (Å²) in [6.07, 6.45) is 8.01. The predicted molar refractivity (Wildman–Crippen MR) is 77.0 cm³/mol. The van der Waals surface area contributed by atoms with E-state index >= 15 is 0 Å². The highest BCUT2D eigenvalue weighted by Crippen LogP contribution is 2.37. The average Bonchev–Trinajstić information content (AvgIpc) is 2.34. The second-order valence-electron chi connectivity index (χ2n) is 4.88. The van der Waals surface area contributed by atoms with E-state index in [0.717, 1.165) is 12.3 Å². The van der Waals surface area contributed by atoms with Gasteiger partial charge in [-0.2, -0.15) is 0 Å². The smallest absolute Gasteiger partial charge is 0.137 e. The zero-order chi connectivity index (χ0) is 12.3. The maximum absolute atomic E-state index is 13.2. The molecule has 1 saturated carbocycles. The standard InChI is InChI=1S/C14H17Br2F/c15-12(8-10-4-2-1-3-5-10)11-6-7-14(17)13(16)9-11/h6-7,9-10,12H,1-5,8H2. The van der Waals surface area contributed by atoms with Gasteiger partial charge in [-0.1, -0.05) is 54.1 Å². The molecule has 1 atom stereocenters. The molecule has 2 rings (SSSR count). The molecule has 0 aliphatic heterocycles. The number of hydrogen-bond donors (Lipinski definition) is 0. The molecule has 3 heteroatoms. The van der Waals surface area contributed by atoms with Crippen LogP contribution in [-0.4, -0.2) is 0 Å². The quantitative estimate of drug-likeness (QED) is 0.578. The van der Waals surface area contributed by atoms with Crippen LogP contribution in [0.5, 0.6) is 0 Å². The Labute approximate surface area is 119 Å². The van der Waals surface area contributed by atoms with Gasteiger partial charge in [0.25, 0.3) is 0 Å². The molecule has 1 aromatic rings. The van der Waals surface area contributed by atoms with Crippen molar-refractivity contribution >= 4 is 31.9 Å². The lowest BCUT2D eigenvalue weighted by atomic mass is 9.85. The molecule has 0 amide bonds. The van der Waals surface area contributed by atoms with Crippen molar-refractivity contribution in [3.8, 4) is 0 Å². The molecule has 0 saturated heterocycles. The van der Waals surface area contributed by atoms with E-state index in [4.69, 9.17) is 0 Å². The maximum atomic E-state index is 13.2. The largest absolute Gasteiger partial charge is 0.206 e. The molecule has 94 valence electrons. The van der Waals surface area contributed by atoms with Crippen molar-refractivity contribution in [1.82, 2.24) is 0 Å². The van der Waals surface area contributed by atoms with Crippen LogP contribution in [0.2, 0.25) is 0 Å². The van der Waals surface area contributed by atoms with E-state index in [1.165, 1.54) is 43.7 Å². The zero-order valence-electron chi connectivity index (χ0n) is 9.76. The summed E-state index contributed by atoms with van der Waals surface area (Å²) in [5.41, 5.74) is 1.17. The van der Waals surface area contributed by atoms with E-state index in [0.29, 0.717) is 9.30 Å². The Hall–Kier alpha value is 0.110. The number of alkyl halides is 1. The molecule has 1 unspecified atom stereocenters. The molecule has 0 spiro atoms. The number of halogens is 3. The van der Waals surface area contributed by atoms with Crippen LogP contribution in [-0.2, 0) is 0 Å². The van der Waals surface area contributed by atoms with Crippen LogP contribution in [0, 0.1) is 11.7 Å². The first-order chi connectivity index (χ1) is 8.16. The van der Waals surface area contributed by atoms with E-state index in [-0.39, 0.29) is 5.82 Å². The number of rotatable bonds is 3. The zero-order valence-corrected chi connectivity index (χ0v) is 12.9. The van der Waals surface area contributed by atoms with Crippen molar-refractivity contribution in [3.05, 3.63) is 34.1 Å². The van der Waals surface area contributed by atoms with Crippen LogP contribution in [0.3, 0.4) is 0 Å². The summed E-state index contributed by atoms with van der Waals surface area (Å²) < 4.78 is 13.7. The third kappa shape index (κ3) is 3.78. The van der Waals surface area contributed by atoms with Crippen molar-refractivity contribution in [1.29, 1.82) is 0 Å². The van der Waals surface area contributed by atoms with Gasteiger partial charge in [0.15, 0.2) is 0 Å². The summed E-state index contributed by atoms with van der Waals surface area (Å²) >= 11 is 6.98. The molecular formula is C14H17Br2F. The minimum absolute atomic E-state index is 0.189. The van der Waals surface area contributed by atoms with Gasteiger partial charge in [-0.15, -0.1) is 0 Å². The Kier molecular flexibility index (Phi) is 5.04. The van der Waals surface area contributed by atoms with Crippen molar-refractivity contribution in [2.45, 2.75) is 43.4 Å². The third-order valence-corrected chi connectivity index (χ3v) is 5.08. The molecule has 0 nitrogen and oxygen atoms in total. The SMILES string of the molecule is Fc1ccc(C(Br)CC2CCCCC2)cc1Br. The van der Waals surface area contributed by atoms with Crippen molar-refractivity contribution in [3.63, 3.8) is 0 Å². The molecule has 0 radical (unpaired) electrons. The molecule has 1 aromatic carbocycles. The molecule has 1 aliphatic rings. The summed E-state index contributed by atoms with van der Waals surface area (Å²) in [5.74, 6) is 0.642. The molecule has 0 heterocycles. The monoisotopic (exact) mass is 362 g/mol. The Bertz CT molecular complexity index is 372. The second-order valence-corrected chi connectivity index (χ2v) is 6.84. The lowest BCUT2D eigenvalue weighted by molar-refractivity contribution is 0.338. The van der Waals surface area contributed by atoms with E-state index < -0.39 is 0 Å². The van der Waals surface area contributed by atoms with Gasteiger partial charge in [-0.05, 0) is 46.0 Å². The highest BCUT2D eigenvalue weighted by Gasteiger charge is 2.18. The van der Waals surface area contributed by atoms with E-state index in [2.05, 4.69) is 31.9 Å². The van der Waals surface area contributed by atoms with Gasteiger partial charge in [-0.3, -0.25) is 0 Å². The average molecular weight is 364 g/mol. The summed E-state index contributed by atoms with van der Waals surface area (Å²) in [5, 5.41) is 0. The van der Waals surface area contributed by atoms with Gasteiger partial charge in [0.05, 0.1) is 4.47 Å². The number of hydrogen-bond acceptors (Lipinski definition) is 0. The Morgan fingerprint density at radius 1 is 1.24 bits per heavy atom. The normalized spacial score (nSPS) is 19.2. The molecule has 1 aliphatic carbocycles. The van der Waals surface area contributed by atoms with Crippen LogP contribution in [0.1, 0.15) is 48.9 Å². The first-order valence-corrected chi connectivity index (χ1v) is 7.96. The predicted octanol–water partition coefficient (Wildman–Crippen LogP) is 5.99. The first kappa shape index (κ1) is 13.5. The van der Waals surface area contributed by atoms with Gasteiger partial charge >= 0.3 is 0 Å². The molecule has 0 aromatic heterocycles. The fourth-order valence-electron chi connectivity index (χ4n) is 2.56. The Morgan fingerprint density at radius 3 is 2.59 bits per heavy atom. The minimum atomic E-state index is -0.189. The van der Waals surface area contributed by atoms with Crippen molar-refractivity contribution in [2.75, 3.05) is 0 Å². The fraction of sp³-hybridized carbons (Fsp3) is 0.571. The lowest BCUT2D eigenvalue weighted by Gasteiger charge is -2.24. The summed E-state index contributed by atoms with van der Waals surface area (Å²) in [6.45, 7) is 0. The molecule has 17 heavy (non-hydrogen) atoms. The first-order valence-electron chi connectivity index (χ1n) is 6.26. The topological polar surface area (TPSA) is 0 Å². The molecule has 0 bridgehead atoms. The summed E-state index contributed by atoms with van der Waals surface area (Å²) in [4.78, 5) is 0.350. The van der Waals surface area contributed by atoms with Gasteiger partial charge < -0.3 is 0 Å². The van der Waals surface area contributed by atoms with E-state index in [1.807, 2.05) is 12.1 Å². The molecule has 1 fully saturated rings. The molecule has 0 N–H and O–H groups in total. The highest BCUT2D eigenvalue weighted by atomic mass is 79.9. The van der Waals surface area contributed by atoms with Gasteiger partial charge in [0.2, 0.25) is 0 Å². The summed E-state index contributed by atoms with van der Waals surface area (Å²) in [7, 11) is 0. The van der Waals surface area contributed by atoms with Crippen LogP contribution >= 0.6 is 31.9 Å². The highest BCUT2D eigenvalue weighted by molar-refractivity contribution is 9.10. The van der Waals surface area contributed by atoms with E-state index in [1.54, 1.807) is 0 Å². The summed E-state index contributed by atoms with van der Waals surface area (Å²) in [6, 6.07) is 5.30. The van der Waals surface area contributed by atoms with Crippen molar-refractivity contribution < 1.29 is 4.39 Å². The van der Waals surface area contributed by atoms with Crippen LogP contribution in [0.15, 0.2) is 22.7 Å². The van der Waals surface area contributed by atoms with Crippen LogP contribution < -0.4 is 0 Å². The van der Waals surface area contributed by atoms with Gasteiger partial charge in [0.1, 0.15) is 5.82 Å². The van der Waals surface area contributed by atoms with E-state index in [9.17, 15) is 4.39 Å². The minimum Gasteiger partial charge on any atom is -0.206 e. The fourth-order valence-corrected chi connectivity index (χ4v) is 3.77. The van der Waals surface area contributed by atoms with Gasteiger partial charge in [-0.25, -0.2) is 4.39 Å². The van der Waals surface area contributed by atoms with Gasteiger partial charge in [0, 0.05) is 4.83 Å². The lowest BCUT2D eigenvalue weighted by Crippen LogP contribution is -2.08.